The summed E-state index contributed by atoms with van der Waals surface area (Å²) in [5.74, 6) is 2.13. The van der Waals surface area contributed by atoms with Crippen LogP contribution in [0.25, 0.3) is 0 Å². The van der Waals surface area contributed by atoms with E-state index in [0.29, 0.717) is 41.7 Å². The Morgan fingerprint density at radius 2 is 1.50 bits per heavy atom. The van der Waals surface area contributed by atoms with E-state index < -0.39 is 0 Å². The molecule has 0 heterocycles. The van der Waals surface area contributed by atoms with Gasteiger partial charge in [-0.2, -0.15) is 0 Å². The quantitative estimate of drug-likeness (QED) is 0.370. The van der Waals surface area contributed by atoms with Gasteiger partial charge in [0.05, 0.1) is 14.2 Å². The van der Waals surface area contributed by atoms with Crippen molar-refractivity contribution in [1.29, 1.82) is 0 Å². The first-order valence-electron chi connectivity index (χ1n) is 9.84. The SMILES string of the molecule is COc1ccc(NC(=S)NC(=O)c2cccc(OCCOc3ccccc3)c2)cc1OC. The zero-order valence-electron chi connectivity index (χ0n) is 17.8. The largest absolute Gasteiger partial charge is 0.493 e. The van der Waals surface area contributed by atoms with Gasteiger partial charge in [-0.15, -0.1) is 0 Å². The molecule has 166 valence electrons. The lowest BCUT2D eigenvalue weighted by Gasteiger charge is -2.13. The summed E-state index contributed by atoms with van der Waals surface area (Å²) in [6.45, 7) is 0.735. The highest BCUT2D eigenvalue weighted by Crippen LogP contribution is 2.29. The minimum Gasteiger partial charge on any atom is -0.493 e. The molecule has 0 bridgehead atoms. The number of hydrogen-bond acceptors (Lipinski definition) is 6. The maximum Gasteiger partial charge on any atom is 0.257 e. The van der Waals surface area contributed by atoms with Crippen molar-refractivity contribution >= 4 is 28.9 Å². The van der Waals surface area contributed by atoms with Gasteiger partial charge < -0.3 is 24.3 Å². The molecule has 0 aromatic heterocycles. The number of thiocarbonyl (C=S) groups is 1. The molecule has 0 atom stereocenters. The second-order valence-corrected chi connectivity index (χ2v) is 6.92. The molecule has 2 N–H and O–H groups in total. The minimum atomic E-state index is -0.353. The number of rotatable bonds is 9. The molecule has 0 fully saturated rings. The molecule has 0 aliphatic heterocycles. The third-order valence-corrected chi connectivity index (χ3v) is 4.53. The minimum absolute atomic E-state index is 0.157. The Bertz CT molecular complexity index is 1060. The Labute approximate surface area is 192 Å². The fraction of sp³-hybridized carbons (Fsp3) is 0.167. The first-order valence-corrected chi connectivity index (χ1v) is 10.2. The number of benzene rings is 3. The number of carbonyl (C=O) groups is 1. The highest BCUT2D eigenvalue weighted by Gasteiger charge is 2.11. The van der Waals surface area contributed by atoms with E-state index in [1.165, 1.54) is 0 Å². The number of methoxy groups -OCH3 is 2. The molecular formula is C24H24N2O5S. The molecule has 8 heteroatoms. The van der Waals surface area contributed by atoms with Gasteiger partial charge in [0.2, 0.25) is 0 Å². The number of carbonyl (C=O) groups excluding carboxylic acids is 1. The molecule has 3 aromatic carbocycles. The van der Waals surface area contributed by atoms with E-state index in [1.807, 2.05) is 30.3 Å². The molecule has 3 rings (SSSR count). The summed E-state index contributed by atoms with van der Waals surface area (Å²) < 4.78 is 21.8. The van der Waals surface area contributed by atoms with Crippen molar-refractivity contribution in [3.05, 3.63) is 78.4 Å². The van der Waals surface area contributed by atoms with Crippen LogP contribution in [0.15, 0.2) is 72.8 Å². The second kappa shape index (κ2) is 11.6. The predicted molar refractivity (Wildman–Crippen MR) is 127 cm³/mol. The maximum absolute atomic E-state index is 12.6. The van der Waals surface area contributed by atoms with E-state index in [1.54, 1.807) is 56.7 Å². The van der Waals surface area contributed by atoms with Crippen LogP contribution >= 0.6 is 12.2 Å². The average Bonchev–Trinajstić information content (AvgIpc) is 2.82. The first-order chi connectivity index (χ1) is 15.6. The smallest absolute Gasteiger partial charge is 0.257 e. The zero-order chi connectivity index (χ0) is 22.8. The van der Waals surface area contributed by atoms with Crippen LogP contribution in [-0.2, 0) is 0 Å². The summed E-state index contributed by atoms with van der Waals surface area (Å²) in [5, 5.41) is 5.77. The van der Waals surface area contributed by atoms with Gasteiger partial charge in [-0.25, -0.2) is 0 Å². The Balaban J connectivity index is 1.51. The third kappa shape index (κ3) is 6.61. The van der Waals surface area contributed by atoms with Gasteiger partial charge in [0, 0.05) is 17.3 Å². The van der Waals surface area contributed by atoms with E-state index in [-0.39, 0.29) is 11.0 Å². The first kappa shape index (κ1) is 22.9. The van der Waals surface area contributed by atoms with Crippen LogP contribution in [0.1, 0.15) is 10.4 Å². The van der Waals surface area contributed by atoms with Crippen molar-refractivity contribution in [1.82, 2.24) is 5.32 Å². The van der Waals surface area contributed by atoms with Gasteiger partial charge in [-0.1, -0.05) is 24.3 Å². The Morgan fingerprint density at radius 3 is 2.22 bits per heavy atom. The standard InChI is InChI=1S/C24H24N2O5S/c1-28-21-12-11-18(16-22(21)29-2)25-24(32)26-23(27)17-7-6-10-20(15-17)31-14-13-30-19-8-4-3-5-9-19/h3-12,15-16H,13-14H2,1-2H3,(H2,25,26,27,32). The van der Waals surface area contributed by atoms with E-state index in [2.05, 4.69) is 10.6 Å². The topological polar surface area (TPSA) is 78.1 Å². The monoisotopic (exact) mass is 452 g/mol. The molecule has 0 spiro atoms. The van der Waals surface area contributed by atoms with Crippen LogP contribution in [0.5, 0.6) is 23.0 Å². The molecule has 3 aromatic rings. The van der Waals surface area contributed by atoms with Crippen LogP contribution in [0, 0.1) is 0 Å². The number of hydrogen-bond donors (Lipinski definition) is 2. The fourth-order valence-electron chi connectivity index (χ4n) is 2.81. The molecular weight excluding hydrogens is 428 g/mol. The molecule has 32 heavy (non-hydrogen) atoms. The van der Waals surface area contributed by atoms with E-state index >= 15 is 0 Å². The van der Waals surface area contributed by atoms with Crippen molar-refractivity contribution in [3.8, 4) is 23.0 Å². The van der Waals surface area contributed by atoms with Gasteiger partial charge in [-0.05, 0) is 54.7 Å². The second-order valence-electron chi connectivity index (χ2n) is 6.52. The summed E-state index contributed by atoms with van der Waals surface area (Å²) in [6.07, 6.45) is 0. The highest BCUT2D eigenvalue weighted by molar-refractivity contribution is 7.80. The summed E-state index contributed by atoms with van der Waals surface area (Å²) in [4.78, 5) is 12.6. The number of anilines is 1. The molecule has 0 aliphatic carbocycles. The van der Waals surface area contributed by atoms with Crippen molar-refractivity contribution in [3.63, 3.8) is 0 Å². The Morgan fingerprint density at radius 1 is 0.812 bits per heavy atom. The predicted octanol–water partition coefficient (Wildman–Crippen LogP) is 4.29. The van der Waals surface area contributed by atoms with Gasteiger partial charge in [0.15, 0.2) is 16.6 Å². The molecule has 0 aliphatic rings. The van der Waals surface area contributed by atoms with E-state index in [4.69, 9.17) is 31.2 Å². The Hall–Kier alpha value is -3.78. The summed E-state index contributed by atoms with van der Waals surface area (Å²) in [7, 11) is 3.11. The lowest BCUT2D eigenvalue weighted by atomic mass is 10.2. The fourth-order valence-corrected chi connectivity index (χ4v) is 3.03. The molecule has 0 unspecified atom stereocenters. The van der Waals surface area contributed by atoms with Crippen molar-refractivity contribution in [2.24, 2.45) is 0 Å². The lowest BCUT2D eigenvalue weighted by molar-refractivity contribution is 0.0977. The molecule has 0 saturated carbocycles. The van der Waals surface area contributed by atoms with Crippen LogP contribution in [0.2, 0.25) is 0 Å². The highest BCUT2D eigenvalue weighted by atomic mass is 32.1. The number of ether oxygens (including phenoxy) is 4. The van der Waals surface area contributed by atoms with Crippen LogP contribution in [0.3, 0.4) is 0 Å². The van der Waals surface area contributed by atoms with Crippen molar-refractivity contribution in [2.75, 3.05) is 32.8 Å². The molecule has 7 nitrogen and oxygen atoms in total. The van der Waals surface area contributed by atoms with Gasteiger partial charge in [-0.3, -0.25) is 10.1 Å². The summed E-state index contributed by atoms with van der Waals surface area (Å²) in [6, 6.07) is 21.6. The normalized spacial score (nSPS) is 10.1. The maximum atomic E-state index is 12.6. The average molecular weight is 453 g/mol. The van der Waals surface area contributed by atoms with Crippen molar-refractivity contribution in [2.45, 2.75) is 0 Å². The molecule has 0 saturated heterocycles. The van der Waals surface area contributed by atoms with Gasteiger partial charge >= 0.3 is 0 Å². The number of nitrogens with one attached hydrogen (secondary N) is 2. The van der Waals surface area contributed by atoms with Gasteiger partial charge in [0.1, 0.15) is 24.7 Å². The van der Waals surface area contributed by atoms with Crippen LogP contribution < -0.4 is 29.6 Å². The van der Waals surface area contributed by atoms with Crippen LogP contribution in [0.4, 0.5) is 5.69 Å². The third-order valence-electron chi connectivity index (χ3n) is 4.33. The van der Waals surface area contributed by atoms with Crippen molar-refractivity contribution < 1.29 is 23.7 Å². The number of amides is 1. The van der Waals surface area contributed by atoms with E-state index in [9.17, 15) is 4.79 Å². The summed E-state index contributed by atoms with van der Waals surface area (Å²) >= 11 is 5.26. The Kier molecular flexibility index (Phi) is 8.28. The van der Waals surface area contributed by atoms with E-state index in [0.717, 1.165) is 5.75 Å². The lowest BCUT2D eigenvalue weighted by Crippen LogP contribution is -2.34. The van der Waals surface area contributed by atoms with Gasteiger partial charge in [0.25, 0.3) is 5.91 Å². The number of para-hydroxylation sites is 1. The van der Waals surface area contributed by atoms with Crippen LogP contribution in [-0.4, -0.2) is 38.5 Å². The molecule has 1 amide bonds. The molecule has 0 radical (unpaired) electrons. The summed E-state index contributed by atoms with van der Waals surface area (Å²) in [5.41, 5.74) is 1.08. The zero-order valence-corrected chi connectivity index (χ0v) is 18.6.